The van der Waals surface area contributed by atoms with Gasteiger partial charge in [-0.3, -0.25) is 4.79 Å². The molecule has 0 saturated carbocycles. The SMILES string of the molecule is Cc1ccc([C@@H]2C=C[C@@]3(C)C(=O)NC[C@H]3[C@H]2c2ccc(CI)cc2)c(Cl)c1. The Hall–Kier alpha value is -1.33. The Morgan fingerprint density at radius 3 is 2.63 bits per heavy atom. The molecule has 1 heterocycles. The molecule has 2 aliphatic rings. The zero-order valence-electron chi connectivity index (χ0n) is 15.5. The Labute approximate surface area is 179 Å². The normalized spacial score (nSPS) is 29.5. The quantitative estimate of drug-likeness (QED) is 0.329. The van der Waals surface area contributed by atoms with Crippen LogP contribution in [0.5, 0.6) is 0 Å². The van der Waals surface area contributed by atoms with Gasteiger partial charge >= 0.3 is 0 Å². The maximum absolute atomic E-state index is 12.6. The molecule has 1 fully saturated rings. The fourth-order valence-corrected chi connectivity index (χ4v) is 5.48. The van der Waals surface area contributed by atoms with Crippen LogP contribution in [-0.2, 0) is 9.22 Å². The maximum atomic E-state index is 12.6. The van der Waals surface area contributed by atoms with Crippen molar-refractivity contribution in [2.24, 2.45) is 11.3 Å². The summed E-state index contributed by atoms with van der Waals surface area (Å²) < 4.78 is 0.997. The van der Waals surface area contributed by atoms with Gasteiger partial charge in [0.2, 0.25) is 5.91 Å². The van der Waals surface area contributed by atoms with E-state index in [1.807, 2.05) is 6.07 Å². The van der Waals surface area contributed by atoms with Crippen LogP contribution in [-0.4, -0.2) is 12.5 Å². The summed E-state index contributed by atoms with van der Waals surface area (Å²) in [6, 6.07) is 15.2. The van der Waals surface area contributed by atoms with Gasteiger partial charge in [0.05, 0.1) is 5.41 Å². The fourth-order valence-electron chi connectivity index (χ4n) is 4.61. The summed E-state index contributed by atoms with van der Waals surface area (Å²) in [7, 11) is 0. The lowest BCUT2D eigenvalue weighted by atomic mass is 9.61. The number of nitrogens with one attached hydrogen (secondary N) is 1. The van der Waals surface area contributed by atoms with Gasteiger partial charge in [0, 0.05) is 33.7 Å². The average molecular weight is 492 g/mol. The number of carbonyl (C=O) groups is 1. The third-order valence-corrected chi connectivity index (χ3v) is 7.45. The Balaban J connectivity index is 1.85. The molecule has 4 heteroatoms. The summed E-state index contributed by atoms with van der Waals surface area (Å²) in [6.07, 6.45) is 4.31. The molecular formula is C23H23ClINO. The molecule has 2 nitrogen and oxygen atoms in total. The van der Waals surface area contributed by atoms with Gasteiger partial charge in [0.25, 0.3) is 0 Å². The van der Waals surface area contributed by atoms with E-state index in [2.05, 4.69) is 90.3 Å². The predicted octanol–water partition coefficient (Wildman–Crippen LogP) is 5.77. The van der Waals surface area contributed by atoms with E-state index in [-0.39, 0.29) is 23.7 Å². The third kappa shape index (κ3) is 3.23. The second kappa shape index (κ2) is 7.25. The number of benzene rings is 2. The van der Waals surface area contributed by atoms with Gasteiger partial charge in [-0.1, -0.05) is 82.7 Å². The lowest BCUT2D eigenvalue weighted by Gasteiger charge is -2.41. The Morgan fingerprint density at radius 1 is 1.22 bits per heavy atom. The van der Waals surface area contributed by atoms with E-state index in [0.29, 0.717) is 6.54 Å². The van der Waals surface area contributed by atoms with Crippen LogP contribution in [0.25, 0.3) is 0 Å². The van der Waals surface area contributed by atoms with Gasteiger partial charge in [0.15, 0.2) is 0 Å². The zero-order chi connectivity index (χ0) is 19.2. The number of fused-ring (bicyclic) bond motifs is 1. The van der Waals surface area contributed by atoms with Gasteiger partial charge in [-0.05, 0) is 42.2 Å². The smallest absolute Gasteiger partial charge is 0.230 e. The number of carbonyl (C=O) groups excluding carboxylic acids is 1. The lowest BCUT2D eigenvalue weighted by molar-refractivity contribution is -0.126. The summed E-state index contributed by atoms with van der Waals surface area (Å²) >= 11 is 9.04. The molecule has 1 aliphatic carbocycles. The van der Waals surface area contributed by atoms with Crippen LogP contribution >= 0.6 is 34.2 Å². The second-order valence-corrected chi connectivity index (χ2v) is 9.08. The molecule has 2 aromatic rings. The molecule has 0 spiro atoms. The third-order valence-electron chi connectivity index (χ3n) is 6.25. The van der Waals surface area contributed by atoms with E-state index in [1.54, 1.807) is 0 Å². The highest BCUT2D eigenvalue weighted by Gasteiger charge is 2.52. The Bertz CT molecular complexity index is 907. The molecule has 0 radical (unpaired) electrons. The molecular weight excluding hydrogens is 469 g/mol. The van der Waals surface area contributed by atoms with Crippen LogP contribution in [0.1, 0.15) is 41.0 Å². The highest BCUT2D eigenvalue weighted by molar-refractivity contribution is 14.1. The molecule has 2 aromatic carbocycles. The van der Waals surface area contributed by atoms with Gasteiger partial charge < -0.3 is 5.32 Å². The molecule has 1 amide bonds. The number of hydrogen-bond donors (Lipinski definition) is 1. The van der Waals surface area contributed by atoms with E-state index in [1.165, 1.54) is 11.1 Å². The molecule has 140 valence electrons. The first-order chi connectivity index (χ1) is 12.9. The van der Waals surface area contributed by atoms with E-state index in [4.69, 9.17) is 11.6 Å². The van der Waals surface area contributed by atoms with Gasteiger partial charge in [0.1, 0.15) is 0 Å². The van der Waals surface area contributed by atoms with Crippen LogP contribution in [0.2, 0.25) is 5.02 Å². The first-order valence-corrected chi connectivity index (χ1v) is 11.2. The first-order valence-electron chi connectivity index (χ1n) is 9.32. The molecule has 1 aliphatic heterocycles. The summed E-state index contributed by atoms with van der Waals surface area (Å²) in [6.45, 7) is 4.83. The molecule has 27 heavy (non-hydrogen) atoms. The van der Waals surface area contributed by atoms with E-state index in [9.17, 15) is 4.79 Å². The highest BCUT2D eigenvalue weighted by Crippen LogP contribution is 2.54. The van der Waals surface area contributed by atoms with Crippen LogP contribution in [0.15, 0.2) is 54.6 Å². The van der Waals surface area contributed by atoms with Crippen molar-refractivity contribution in [1.82, 2.24) is 5.32 Å². The van der Waals surface area contributed by atoms with Crippen molar-refractivity contribution in [3.8, 4) is 0 Å². The number of amides is 1. The molecule has 0 bridgehead atoms. The van der Waals surface area contributed by atoms with Crippen molar-refractivity contribution in [2.45, 2.75) is 30.1 Å². The van der Waals surface area contributed by atoms with Crippen LogP contribution in [0, 0.1) is 18.3 Å². The first kappa shape index (κ1) is 19.0. The molecule has 4 atom stereocenters. The van der Waals surface area contributed by atoms with Gasteiger partial charge in [-0.15, -0.1) is 0 Å². The summed E-state index contributed by atoms with van der Waals surface area (Å²) in [5, 5.41) is 3.90. The Morgan fingerprint density at radius 2 is 1.96 bits per heavy atom. The highest BCUT2D eigenvalue weighted by atomic mass is 127. The van der Waals surface area contributed by atoms with Crippen molar-refractivity contribution < 1.29 is 4.79 Å². The van der Waals surface area contributed by atoms with Crippen LogP contribution < -0.4 is 5.32 Å². The molecule has 0 unspecified atom stereocenters. The minimum atomic E-state index is -0.458. The molecule has 0 aromatic heterocycles. The maximum Gasteiger partial charge on any atom is 0.230 e. The monoisotopic (exact) mass is 491 g/mol. The van der Waals surface area contributed by atoms with E-state index in [0.717, 1.165) is 20.6 Å². The molecule has 4 rings (SSSR count). The number of hydrogen-bond acceptors (Lipinski definition) is 1. The number of alkyl halides is 1. The van der Waals surface area contributed by atoms with Crippen LogP contribution in [0.4, 0.5) is 0 Å². The zero-order valence-corrected chi connectivity index (χ0v) is 18.4. The topological polar surface area (TPSA) is 29.1 Å². The standard InChI is InChI=1S/C23H23ClINO/c1-14-3-8-17(20(24)11-14)18-9-10-23(2)19(13-26-22(23)27)21(18)16-6-4-15(12-25)5-7-16/h3-11,18-19,21H,12-13H2,1-2H3,(H,26,27)/t18-,19-,21-,23+/m0/s1. The van der Waals surface area contributed by atoms with E-state index < -0.39 is 5.41 Å². The number of rotatable bonds is 3. The van der Waals surface area contributed by atoms with Crippen molar-refractivity contribution in [3.63, 3.8) is 0 Å². The number of halogens is 2. The number of allylic oxidation sites excluding steroid dienone is 1. The average Bonchev–Trinajstić information content (AvgIpc) is 2.96. The van der Waals surface area contributed by atoms with Crippen molar-refractivity contribution in [2.75, 3.05) is 6.54 Å². The summed E-state index contributed by atoms with van der Waals surface area (Å²) in [5.74, 6) is 0.714. The lowest BCUT2D eigenvalue weighted by Crippen LogP contribution is -2.37. The fraction of sp³-hybridized carbons (Fsp3) is 0.348. The largest absolute Gasteiger partial charge is 0.355 e. The Kier molecular flexibility index (Phi) is 5.10. The minimum Gasteiger partial charge on any atom is -0.355 e. The predicted molar refractivity (Wildman–Crippen MR) is 120 cm³/mol. The van der Waals surface area contributed by atoms with Crippen molar-refractivity contribution in [1.29, 1.82) is 0 Å². The van der Waals surface area contributed by atoms with Gasteiger partial charge in [-0.25, -0.2) is 0 Å². The van der Waals surface area contributed by atoms with Crippen molar-refractivity contribution in [3.05, 3.63) is 81.9 Å². The van der Waals surface area contributed by atoms with Gasteiger partial charge in [-0.2, -0.15) is 0 Å². The van der Waals surface area contributed by atoms with E-state index >= 15 is 0 Å². The number of aryl methyl sites for hydroxylation is 1. The van der Waals surface area contributed by atoms with Crippen LogP contribution in [0.3, 0.4) is 0 Å². The molecule has 1 saturated heterocycles. The summed E-state index contributed by atoms with van der Waals surface area (Å²) in [5.41, 5.74) is 4.44. The minimum absolute atomic E-state index is 0.131. The van der Waals surface area contributed by atoms with Crippen molar-refractivity contribution >= 4 is 40.1 Å². The second-order valence-electron chi connectivity index (χ2n) is 7.91. The summed E-state index contributed by atoms with van der Waals surface area (Å²) in [4.78, 5) is 12.6. The molecule has 1 N–H and O–H groups in total.